The van der Waals surface area contributed by atoms with Crippen molar-refractivity contribution in [1.29, 1.82) is 0 Å². The third kappa shape index (κ3) is 21.1. The molecule has 0 unspecified atom stereocenters. The van der Waals surface area contributed by atoms with E-state index < -0.39 is 15.9 Å². The minimum atomic E-state index is -4.01. The Labute approximate surface area is 154 Å². The zero-order chi connectivity index (χ0) is 18.8. The summed E-state index contributed by atoms with van der Waals surface area (Å²) in [5.41, 5.74) is 0. The molecule has 0 aromatic heterocycles. The predicted octanol–water partition coefficient (Wildman–Crippen LogP) is 4.64. The van der Waals surface area contributed by atoms with Crippen LogP contribution in [0.1, 0.15) is 90.4 Å². The zero-order valence-corrected chi connectivity index (χ0v) is 16.7. The zero-order valence-electron chi connectivity index (χ0n) is 15.8. The van der Waals surface area contributed by atoms with Crippen LogP contribution in [0.15, 0.2) is 12.2 Å². The van der Waals surface area contributed by atoms with Crippen LogP contribution in [0, 0.1) is 0 Å². The van der Waals surface area contributed by atoms with Gasteiger partial charge < -0.3 is 5.32 Å². The normalized spacial score (nSPS) is 11.9. The van der Waals surface area contributed by atoms with Gasteiger partial charge in [-0.25, -0.2) is 0 Å². The lowest BCUT2D eigenvalue weighted by atomic mass is 10.0. The van der Waals surface area contributed by atoms with Crippen LogP contribution in [0.2, 0.25) is 0 Å². The smallest absolute Gasteiger partial charge is 0.266 e. The fourth-order valence-corrected chi connectivity index (χ4v) is 3.02. The minimum Gasteiger partial charge on any atom is -0.351 e. The van der Waals surface area contributed by atoms with Gasteiger partial charge in [-0.3, -0.25) is 9.35 Å². The van der Waals surface area contributed by atoms with Crippen LogP contribution in [0.3, 0.4) is 0 Å². The third-order valence-electron chi connectivity index (χ3n) is 4.15. The molecule has 5 nitrogen and oxygen atoms in total. The lowest BCUT2D eigenvalue weighted by Gasteiger charge is -2.02. The predicted molar refractivity (Wildman–Crippen MR) is 104 cm³/mol. The third-order valence-corrected chi connectivity index (χ3v) is 4.87. The molecule has 0 aliphatic carbocycles. The molecule has 148 valence electrons. The van der Waals surface area contributed by atoms with Crippen molar-refractivity contribution >= 4 is 16.0 Å². The van der Waals surface area contributed by atoms with Crippen molar-refractivity contribution in [3.63, 3.8) is 0 Å². The van der Waals surface area contributed by atoms with Gasteiger partial charge in [0.25, 0.3) is 10.1 Å². The number of carbonyl (C=O) groups is 1. The van der Waals surface area contributed by atoms with Crippen molar-refractivity contribution in [1.82, 2.24) is 5.32 Å². The molecule has 0 radical (unpaired) electrons. The molecule has 0 saturated heterocycles. The van der Waals surface area contributed by atoms with Crippen LogP contribution in [0.5, 0.6) is 0 Å². The van der Waals surface area contributed by atoms with Gasteiger partial charge in [0.1, 0.15) is 0 Å². The Morgan fingerprint density at radius 2 is 1.36 bits per heavy atom. The Balaban J connectivity index is 3.30. The summed E-state index contributed by atoms with van der Waals surface area (Å²) in [4.78, 5) is 11.4. The highest BCUT2D eigenvalue weighted by molar-refractivity contribution is 7.85. The fraction of sp³-hybridized carbons (Fsp3) is 0.842. The number of hydrogen-bond donors (Lipinski definition) is 2. The van der Waals surface area contributed by atoms with E-state index in [0.29, 0.717) is 0 Å². The van der Waals surface area contributed by atoms with Gasteiger partial charge in [-0.05, 0) is 18.9 Å². The molecule has 6 heteroatoms. The SMILES string of the molecule is CCCCCCCCCCCCCCC=CC(=O)NCCS(=O)(=O)O. The summed E-state index contributed by atoms with van der Waals surface area (Å²) in [5, 5.41) is 2.42. The van der Waals surface area contributed by atoms with Crippen molar-refractivity contribution < 1.29 is 17.8 Å². The summed E-state index contributed by atoms with van der Waals surface area (Å²) in [6, 6.07) is 0. The van der Waals surface area contributed by atoms with Gasteiger partial charge in [-0.1, -0.05) is 83.6 Å². The second-order valence-corrected chi connectivity index (χ2v) is 8.23. The minimum absolute atomic E-state index is 0.0688. The Morgan fingerprint density at radius 3 is 1.84 bits per heavy atom. The van der Waals surface area contributed by atoms with Crippen LogP contribution >= 0.6 is 0 Å². The molecule has 25 heavy (non-hydrogen) atoms. The lowest BCUT2D eigenvalue weighted by molar-refractivity contribution is -0.116. The van der Waals surface area contributed by atoms with Gasteiger partial charge in [0, 0.05) is 6.54 Å². The first-order valence-corrected chi connectivity index (χ1v) is 11.5. The highest BCUT2D eigenvalue weighted by atomic mass is 32.2. The average Bonchev–Trinajstić information content (AvgIpc) is 2.54. The monoisotopic (exact) mass is 375 g/mol. The van der Waals surface area contributed by atoms with E-state index in [9.17, 15) is 13.2 Å². The number of amides is 1. The van der Waals surface area contributed by atoms with Gasteiger partial charge in [-0.15, -0.1) is 0 Å². The molecule has 2 N–H and O–H groups in total. The van der Waals surface area contributed by atoms with Gasteiger partial charge >= 0.3 is 0 Å². The van der Waals surface area contributed by atoms with E-state index in [1.807, 2.05) is 6.08 Å². The van der Waals surface area contributed by atoms with Crippen LogP contribution in [0.25, 0.3) is 0 Å². The first-order chi connectivity index (χ1) is 12.0. The van der Waals surface area contributed by atoms with E-state index >= 15 is 0 Å². The van der Waals surface area contributed by atoms with Crippen molar-refractivity contribution in [2.45, 2.75) is 90.4 Å². The summed E-state index contributed by atoms with van der Waals surface area (Å²) in [6.45, 7) is 2.18. The van der Waals surface area contributed by atoms with E-state index in [4.69, 9.17) is 4.55 Å². The van der Waals surface area contributed by atoms with E-state index in [1.165, 1.54) is 76.7 Å². The Hall–Kier alpha value is -0.880. The summed E-state index contributed by atoms with van der Waals surface area (Å²) >= 11 is 0. The summed E-state index contributed by atoms with van der Waals surface area (Å²) in [6.07, 6.45) is 19.9. The first-order valence-electron chi connectivity index (χ1n) is 9.85. The quantitative estimate of drug-likeness (QED) is 0.220. The maximum absolute atomic E-state index is 11.4. The van der Waals surface area contributed by atoms with Gasteiger partial charge in [-0.2, -0.15) is 8.42 Å². The molecule has 0 bridgehead atoms. The van der Waals surface area contributed by atoms with E-state index in [2.05, 4.69) is 12.2 Å². The molecule has 0 aliphatic rings. The summed E-state index contributed by atoms with van der Waals surface area (Å²) in [5.74, 6) is -0.770. The van der Waals surface area contributed by atoms with Crippen molar-refractivity contribution in [2.75, 3.05) is 12.3 Å². The summed E-state index contributed by atoms with van der Waals surface area (Å²) < 4.78 is 29.5. The van der Waals surface area contributed by atoms with Crippen molar-refractivity contribution in [3.05, 3.63) is 12.2 Å². The molecule has 0 aliphatic heterocycles. The van der Waals surface area contributed by atoms with Gasteiger partial charge in [0.15, 0.2) is 0 Å². The topological polar surface area (TPSA) is 83.5 Å². The van der Waals surface area contributed by atoms with Crippen LogP contribution in [0.4, 0.5) is 0 Å². The van der Waals surface area contributed by atoms with Gasteiger partial charge in [0.05, 0.1) is 5.75 Å². The maximum Gasteiger partial charge on any atom is 0.266 e. The molecular formula is C19H37NO4S. The van der Waals surface area contributed by atoms with E-state index in [1.54, 1.807) is 0 Å². The van der Waals surface area contributed by atoms with Crippen LogP contribution < -0.4 is 5.32 Å². The molecule has 0 saturated carbocycles. The fourth-order valence-electron chi connectivity index (χ4n) is 2.66. The van der Waals surface area contributed by atoms with E-state index in [-0.39, 0.29) is 12.5 Å². The second kappa shape index (κ2) is 16.6. The van der Waals surface area contributed by atoms with Crippen LogP contribution in [-0.4, -0.2) is 31.2 Å². The van der Waals surface area contributed by atoms with Crippen molar-refractivity contribution in [3.8, 4) is 0 Å². The standard InChI is InChI=1S/C19H37NO4S/c1-2-3-4-5-6-7-8-9-10-11-12-13-14-15-16-19(21)20-17-18-25(22,23)24/h15-16H,2-14,17-18H2,1H3,(H,20,21)(H,22,23,24). The summed E-state index contributed by atoms with van der Waals surface area (Å²) in [7, 11) is -4.01. The molecule has 1 amide bonds. The number of allylic oxidation sites excluding steroid dienone is 1. The molecular weight excluding hydrogens is 338 g/mol. The number of hydrogen-bond acceptors (Lipinski definition) is 3. The van der Waals surface area contributed by atoms with Crippen molar-refractivity contribution in [2.24, 2.45) is 0 Å². The first kappa shape index (κ1) is 24.1. The van der Waals surface area contributed by atoms with E-state index in [0.717, 1.165) is 12.8 Å². The molecule has 0 spiro atoms. The molecule has 0 aromatic carbocycles. The van der Waals surface area contributed by atoms with Crippen LogP contribution in [-0.2, 0) is 14.9 Å². The Bertz CT molecular complexity index is 446. The molecule has 0 aromatic rings. The lowest BCUT2D eigenvalue weighted by Crippen LogP contribution is -2.27. The Morgan fingerprint density at radius 1 is 0.880 bits per heavy atom. The average molecular weight is 376 g/mol. The largest absolute Gasteiger partial charge is 0.351 e. The number of nitrogens with one attached hydrogen (secondary N) is 1. The molecule has 0 fully saturated rings. The molecule has 0 rings (SSSR count). The highest BCUT2D eigenvalue weighted by Gasteiger charge is 2.04. The number of carbonyl (C=O) groups excluding carboxylic acids is 1. The molecule has 0 heterocycles. The van der Waals surface area contributed by atoms with Gasteiger partial charge in [0.2, 0.25) is 5.91 Å². The second-order valence-electron chi connectivity index (χ2n) is 6.66. The molecule has 0 atom stereocenters. The maximum atomic E-state index is 11.4. The Kier molecular flexibility index (Phi) is 16.0. The number of rotatable bonds is 17. The highest BCUT2D eigenvalue weighted by Crippen LogP contribution is 2.12. The number of unbranched alkanes of at least 4 members (excludes halogenated alkanes) is 12.